The van der Waals surface area contributed by atoms with Crippen LogP contribution in [0.1, 0.15) is 6.92 Å². The number of ether oxygens (including phenoxy) is 1. The van der Waals surface area contributed by atoms with Gasteiger partial charge >= 0.3 is 0 Å². The molecule has 0 radical (unpaired) electrons. The third kappa shape index (κ3) is 3.58. The largest absolute Gasteiger partial charge is 0.490 e. The summed E-state index contributed by atoms with van der Waals surface area (Å²) in [6.45, 7) is 8.01. The highest BCUT2D eigenvalue weighted by Gasteiger charge is 2.42. The first-order chi connectivity index (χ1) is 12.2. The predicted molar refractivity (Wildman–Crippen MR) is 103 cm³/mol. The van der Waals surface area contributed by atoms with Crippen LogP contribution in [0.25, 0.3) is 11.1 Å². The van der Waals surface area contributed by atoms with Gasteiger partial charge in [-0.25, -0.2) is 0 Å². The third-order valence-corrected chi connectivity index (χ3v) is 5.69. The molecule has 2 aliphatic rings. The molecule has 0 spiro atoms. The van der Waals surface area contributed by atoms with Crippen LogP contribution in [0.3, 0.4) is 0 Å². The molecule has 2 heterocycles. The standard InChI is InChI=1S/C22H28N2O/c1-3-24-15-19-13-23(2)14-20(16-24)22(19)25-21-11-9-18(10-12-21)17-7-5-4-6-8-17/h4-12,19-20,22H,3,13-16H2,1-2H3. The van der Waals surface area contributed by atoms with Gasteiger partial charge in [0.1, 0.15) is 11.9 Å². The van der Waals surface area contributed by atoms with Crippen LogP contribution >= 0.6 is 0 Å². The van der Waals surface area contributed by atoms with Crippen molar-refractivity contribution >= 4 is 0 Å². The summed E-state index contributed by atoms with van der Waals surface area (Å²) < 4.78 is 6.50. The van der Waals surface area contributed by atoms with E-state index in [1.807, 2.05) is 0 Å². The lowest BCUT2D eigenvalue weighted by molar-refractivity contribution is -0.0572. The fraction of sp³-hybridized carbons (Fsp3) is 0.455. The van der Waals surface area contributed by atoms with Crippen LogP contribution < -0.4 is 4.74 Å². The molecule has 0 amide bonds. The number of hydrogen-bond donors (Lipinski definition) is 0. The average molecular weight is 336 g/mol. The molecule has 2 bridgehead atoms. The molecule has 2 aromatic rings. The molecule has 25 heavy (non-hydrogen) atoms. The van der Waals surface area contributed by atoms with Gasteiger partial charge in [-0.3, -0.25) is 0 Å². The number of benzene rings is 2. The Balaban J connectivity index is 1.48. The van der Waals surface area contributed by atoms with Crippen molar-refractivity contribution in [2.75, 3.05) is 39.8 Å². The highest BCUT2D eigenvalue weighted by Crippen LogP contribution is 2.32. The van der Waals surface area contributed by atoms with Crippen molar-refractivity contribution in [1.82, 2.24) is 9.80 Å². The molecule has 132 valence electrons. The smallest absolute Gasteiger partial charge is 0.119 e. The van der Waals surface area contributed by atoms with Gasteiger partial charge in [0, 0.05) is 38.0 Å². The van der Waals surface area contributed by atoms with E-state index in [4.69, 9.17) is 4.74 Å². The van der Waals surface area contributed by atoms with Gasteiger partial charge in [-0.1, -0.05) is 49.4 Å². The van der Waals surface area contributed by atoms with Crippen LogP contribution in [0.5, 0.6) is 5.75 Å². The SMILES string of the molecule is CCN1CC2CN(C)CC(C1)C2Oc1ccc(-c2ccccc2)cc1. The summed E-state index contributed by atoms with van der Waals surface area (Å²) >= 11 is 0. The molecule has 2 aromatic carbocycles. The Labute approximate surface area is 151 Å². The van der Waals surface area contributed by atoms with Crippen molar-refractivity contribution in [2.24, 2.45) is 11.8 Å². The number of nitrogens with zero attached hydrogens (tertiary/aromatic N) is 2. The summed E-state index contributed by atoms with van der Waals surface area (Å²) in [4.78, 5) is 5.06. The minimum atomic E-state index is 0.349. The van der Waals surface area contributed by atoms with Crippen LogP contribution in [0, 0.1) is 11.8 Å². The minimum Gasteiger partial charge on any atom is -0.490 e. The molecule has 3 nitrogen and oxygen atoms in total. The topological polar surface area (TPSA) is 15.7 Å². The van der Waals surface area contributed by atoms with Gasteiger partial charge in [0.25, 0.3) is 0 Å². The minimum absolute atomic E-state index is 0.349. The highest BCUT2D eigenvalue weighted by molar-refractivity contribution is 5.63. The summed E-state index contributed by atoms with van der Waals surface area (Å²) in [5.74, 6) is 2.21. The van der Waals surface area contributed by atoms with E-state index < -0.39 is 0 Å². The molecule has 2 fully saturated rings. The lowest BCUT2D eigenvalue weighted by Gasteiger charge is -2.49. The zero-order valence-corrected chi connectivity index (χ0v) is 15.3. The van der Waals surface area contributed by atoms with Gasteiger partial charge < -0.3 is 14.5 Å². The monoisotopic (exact) mass is 336 g/mol. The second-order valence-electron chi connectivity index (χ2n) is 7.57. The van der Waals surface area contributed by atoms with E-state index in [1.165, 1.54) is 11.1 Å². The molecular weight excluding hydrogens is 308 g/mol. The number of likely N-dealkylation sites (tertiary alicyclic amines) is 2. The zero-order chi connectivity index (χ0) is 17.2. The molecule has 4 rings (SSSR count). The molecule has 3 heteroatoms. The maximum Gasteiger partial charge on any atom is 0.119 e. The van der Waals surface area contributed by atoms with Gasteiger partial charge in [0.05, 0.1) is 0 Å². The Morgan fingerprint density at radius 2 is 1.44 bits per heavy atom. The number of piperidine rings is 2. The maximum atomic E-state index is 6.50. The summed E-state index contributed by atoms with van der Waals surface area (Å²) in [5, 5.41) is 0. The molecule has 2 atom stereocenters. The predicted octanol–water partition coefficient (Wildman–Crippen LogP) is 3.61. The van der Waals surface area contributed by atoms with E-state index in [2.05, 4.69) is 78.4 Å². The Bertz CT molecular complexity index is 669. The van der Waals surface area contributed by atoms with Crippen molar-refractivity contribution in [3.63, 3.8) is 0 Å². The van der Waals surface area contributed by atoms with Crippen LogP contribution in [-0.4, -0.2) is 55.7 Å². The zero-order valence-electron chi connectivity index (χ0n) is 15.3. The van der Waals surface area contributed by atoms with Crippen LogP contribution in [0.4, 0.5) is 0 Å². The molecule has 2 aliphatic heterocycles. The Morgan fingerprint density at radius 1 is 0.840 bits per heavy atom. The summed E-state index contributed by atoms with van der Waals surface area (Å²) in [5.41, 5.74) is 2.50. The van der Waals surface area contributed by atoms with Crippen molar-refractivity contribution in [2.45, 2.75) is 13.0 Å². The molecule has 0 aromatic heterocycles. The summed E-state index contributed by atoms with van der Waals surface area (Å²) in [6, 6.07) is 19.1. The molecule has 0 aliphatic carbocycles. The van der Waals surface area contributed by atoms with E-state index in [-0.39, 0.29) is 0 Å². The molecule has 2 saturated heterocycles. The number of rotatable bonds is 4. The summed E-state index contributed by atoms with van der Waals surface area (Å²) in [7, 11) is 2.24. The molecular formula is C22H28N2O. The lowest BCUT2D eigenvalue weighted by Crippen LogP contribution is -2.61. The van der Waals surface area contributed by atoms with Crippen LogP contribution in [-0.2, 0) is 0 Å². The average Bonchev–Trinajstić information content (AvgIpc) is 2.63. The van der Waals surface area contributed by atoms with Crippen molar-refractivity contribution in [3.8, 4) is 16.9 Å². The fourth-order valence-corrected chi connectivity index (χ4v) is 4.49. The van der Waals surface area contributed by atoms with Gasteiger partial charge in [-0.15, -0.1) is 0 Å². The highest BCUT2D eigenvalue weighted by atomic mass is 16.5. The Morgan fingerprint density at radius 3 is 2.04 bits per heavy atom. The number of hydrogen-bond acceptors (Lipinski definition) is 3. The van der Waals surface area contributed by atoms with Crippen molar-refractivity contribution in [1.29, 1.82) is 0 Å². The van der Waals surface area contributed by atoms with Crippen molar-refractivity contribution < 1.29 is 4.74 Å². The Hall–Kier alpha value is -1.84. The van der Waals surface area contributed by atoms with E-state index in [0.29, 0.717) is 17.9 Å². The summed E-state index contributed by atoms with van der Waals surface area (Å²) in [6.07, 6.45) is 0.349. The first-order valence-electron chi connectivity index (χ1n) is 9.46. The third-order valence-electron chi connectivity index (χ3n) is 5.69. The molecule has 0 N–H and O–H groups in total. The second kappa shape index (κ2) is 7.19. The normalized spacial score (nSPS) is 27.2. The fourth-order valence-electron chi connectivity index (χ4n) is 4.49. The van der Waals surface area contributed by atoms with Crippen molar-refractivity contribution in [3.05, 3.63) is 54.6 Å². The van der Waals surface area contributed by atoms with E-state index in [0.717, 1.165) is 38.5 Å². The second-order valence-corrected chi connectivity index (χ2v) is 7.57. The Kier molecular flexibility index (Phi) is 4.78. The molecule has 0 saturated carbocycles. The van der Waals surface area contributed by atoms with E-state index in [1.54, 1.807) is 0 Å². The van der Waals surface area contributed by atoms with Gasteiger partial charge in [0.2, 0.25) is 0 Å². The van der Waals surface area contributed by atoms with Gasteiger partial charge in [-0.05, 0) is 36.9 Å². The van der Waals surface area contributed by atoms with Gasteiger partial charge in [-0.2, -0.15) is 0 Å². The van der Waals surface area contributed by atoms with Gasteiger partial charge in [0.15, 0.2) is 0 Å². The van der Waals surface area contributed by atoms with E-state index >= 15 is 0 Å². The molecule has 2 unspecified atom stereocenters. The number of fused-ring (bicyclic) bond motifs is 2. The quantitative estimate of drug-likeness (QED) is 0.848. The van der Waals surface area contributed by atoms with Crippen LogP contribution in [0.2, 0.25) is 0 Å². The first kappa shape index (κ1) is 16.6. The first-order valence-corrected chi connectivity index (χ1v) is 9.46. The lowest BCUT2D eigenvalue weighted by atomic mass is 9.81. The van der Waals surface area contributed by atoms with E-state index in [9.17, 15) is 0 Å². The van der Waals surface area contributed by atoms with Crippen LogP contribution in [0.15, 0.2) is 54.6 Å². The maximum absolute atomic E-state index is 6.50.